The number of hydrogen-bond acceptors (Lipinski definition) is 3. The van der Waals surface area contributed by atoms with Crippen LogP contribution in [-0.4, -0.2) is 35.0 Å². The van der Waals surface area contributed by atoms with Gasteiger partial charge >= 0.3 is 0 Å². The third-order valence-corrected chi connectivity index (χ3v) is 5.64. The summed E-state index contributed by atoms with van der Waals surface area (Å²) >= 11 is 2.09. The molecule has 1 aromatic rings. The van der Waals surface area contributed by atoms with Gasteiger partial charge in [0.25, 0.3) is 0 Å². The summed E-state index contributed by atoms with van der Waals surface area (Å²) in [4.78, 5) is 2.60. The fourth-order valence-corrected chi connectivity index (χ4v) is 3.70. The summed E-state index contributed by atoms with van der Waals surface area (Å²) in [6, 6.07) is 9.67. The van der Waals surface area contributed by atoms with Gasteiger partial charge in [-0.25, -0.2) is 0 Å². The molecule has 1 aromatic carbocycles. The standard InChI is InChI=1S/C16H26N2S/c1-12(10-17)16-6-4-15(5-7-16)11-18-8-9-19-14(3)13(18)2/h4-7,12-14H,8-11,17H2,1-3H3. The quantitative estimate of drug-likeness (QED) is 0.918. The normalized spacial score (nSPS) is 26.3. The van der Waals surface area contributed by atoms with Crippen molar-refractivity contribution in [3.63, 3.8) is 0 Å². The van der Waals surface area contributed by atoms with E-state index in [2.05, 4.69) is 61.7 Å². The van der Waals surface area contributed by atoms with Crippen LogP contribution in [0.25, 0.3) is 0 Å². The smallest absolute Gasteiger partial charge is 0.0237 e. The van der Waals surface area contributed by atoms with Crippen LogP contribution in [0.2, 0.25) is 0 Å². The van der Waals surface area contributed by atoms with Crippen molar-refractivity contribution in [2.24, 2.45) is 5.73 Å². The fourth-order valence-electron chi connectivity index (χ4n) is 2.54. The van der Waals surface area contributed by atoms with Crippen molar-refractivity contribution >= 4 is 11.8 Å². The minimum Gasteiger partial charge on any atom is -0.330 e. The van der Waals surface area contributed by atoms with E-state index in [0.717, 1.165) is 18.3 Å². The Bertz CT molecular complexity index is 390. The Morgan fingerprint density at radius 3 is 2.63 bits per heavy atom. The third-order valence-electron chi connectivity index (χ3n) is 4.30. The number of rotatable bonds is 4. The minimum atomic E-state index is 0.458. The summed E-state index contributed by atoms with van der Waals surface area (Å²) in [5.41, 5.74) is 8.48. The average molecular weight is 278 g/mol. The molecule has 0 aliphatic carbocycles. The fraction of sp³-hybridized carbons (Fsp3) is 0.625. The van der Waals surface area contributed by atoms with E-state index in [-0.39, 0.29) is 0 Å². The van der Waals surface area contributed by atoms with Gasteiger partial charge in [-0.1, -0.05) is 38.1 Å². The lowest BCUT2D eigenvalue weighted by Gasteiger charge is -2.37. The molecule has 0 saturated carbocycles. The van der Waals surface area contributed by atoms with E-state index in [4.69, 9.17) is 5.73 Å². The van der Waals surface area contributed by atoms with Gasteiger partial charge < -0.3 is 5.73 Å². The molecular formula is C16H26N2S. The van der Waals surface area contributed by atoms with Gasteiger partial charge in [0.05, 0.1) is 0 Å². The van der Waals surface area contributed by atoms with Crippen molar-refractivity contribution in [1.29, 1.82) is 0 Å². The zero-order chi connectivity index (χ0) is 13.8. The summed E-state index contributed by atoms with van der Waals surface area (Å²) in [6.45, 7) is 9.87. The molecule has 2 nitrogen and oxygen atoms in total. The predicted octanol–water partition coefficient (Wildman–Crippen LogP) is 3.07. The van der Waals surface area contributed by atoms with E-state index in [9.17, 15) is 0 Å². The van der Waals surface area contributed by atoms with Crippen molar-refractivity contribution in [2.75, 3.05) is 18.8 Å². The topological polar surface area (TPSA) is 29.3 Å². The number of nitrogens with two attached hydrogens (primary N) is 1. The van der Waals surface area contributed by atoms with Crippen molar-refractivity contribution in [1.82, 2.24) is 4.90 Å². The van der Waals surface area contributed by atoms with Crippen LogP contribution in [-0.2, 0) is 6.54 Å². The first kappa shape index (κ1) is 14.9. The van der Waals surface area contributed by atoms with Crippen LogP contribution in [0.4, 0.5) is 0 Å². The number of benzene rings is 1. The monoisotopic (exact) mass is 278 g/mol. The summed E-state index contributed by atoms with van der Waals surface area (Å²) in [6.07, 6.45) is 0. The zero-order valence-corrected chi connectivity index (χ0v) is 13.1. The molecule has 1 aliphatic rings. The van der Waals surface area contributed by atoms with Gasteiger partial charge in [-0.15, -0.1) is 0 Å². The molecule has 19 heavy (non-hydrogen) atoms. The van der Waals surface area contributed by atoms with Crippen LogP contribution in [0.1, 0.15) is 37.8 Å². The highest BCUT2D eigenvalue weighted by Crippen LogP contribution is 2.25. The van der Waals surface area contributed by atoms with E-state index < -0.39 is 0 Å². The maximum Gasteiger partial charge on any atom is 0.0237 e. The summed E-state index contributed by atoms with van der Waals surface area (Å²) in [5.74, 6) is 1.72. The van der Waals surface area contributed by atoms with Crippen LogP contribution in [0.5, 0.6) is 0 Å². The molecule has 106 valence electrons. The van der Waals surface area contributed by atoms with E-state index in [0.29, 0.717) is 12.0 Å². The Morgan fingerprint density at radius 1 is 1.32 bits per heavy atom. The van der Waals surface area contributed by atoms with Gasteiger partial charge in [0, 0.05) is 30.1 Å². The Morgan fingerprint density at radius 2 is 2.00 bits per heavy atom. The van der Waals surface area contributed by atoms with Gasteiger partial charge in [0.2, 0.25) is 0 Å². The van der Waals surface area contributed by atoms with Crippen LogP contribution in [0.15, 0.2) is 24.3 Å². The Labute approximate surface area is 121 Å². The van der Waals surface area contributed by atoms with Crippen molar-refractivity contribution in [2.45, 2.75) is 44.5 Å². The van der Waals surface area contributed by atoms with E-state index in [1.54, 1.807) is 0 Å². The molecule has 0 aromatic heterocycles. The van der Waals surface area contributed by atoms with Gasteiger partial charge in [0.1, 0.15) is 0 Å². The molecule has 2 N–H and O–H groups in total. The second-order valence-corrected chi connectivity index (χ2v) is 7.15. The van der Waals surface area contributed by atoms with Gasteiger partial charge in [-0.05, 0) is 30.5 Å². The van der Waals surface area contributed by atoms with E-state index in [1.165, 1.54) is 23.4 Å². The van der Waals surface area contributed by atoms with E-state index >= 15 is 0 Å². The molecule has 0 amide bonds. The second kappa shape index (κ2) is 6.78. The summed E-state index contributed by atoms with van der Waals surface area (Å²) < 4.78 is 0. The van der Waals surface area contributed by atoms with Crippen LogP contribution >= 0.6 is 11.8 Å². The average Bonchev–Trinajstić information content (AvgIpc) is 2.44. The number of thioether (sulfide) groups is 1. The van der Waals surface area contributed by atoms with Gasteiger partial charge in [-0.3, -0.25) is 4.90 Å². The lowest BCUT2D eigenvalue weighted by Crippen LogP contribution is -2.43. The molecule has 1 aliphatic heterocycles. The van der Waals surface area contributed by atoms with Gasteiger partial charge in [0.15, 0.2) is 0 Å². The molecule has 3 atom stereocenters. The molecule has 0 radical (unpaired) electrons. The maximum absolute atomic E-state index is 5.71. The molecule has 1 saturated heterocycles. The predicted molar refractivity (Wildman–Crippen MR) is 85.7 cm³/mol. The van der Waals surface area contributed by atoms with Crippen LogP contribution < -0.4 is 5.73 Å². The Hall–Kier alpha value is -0.510. The first-order valence-corrected chi connectivity index (χ1v) is 8.31. The minimum absolute atomic E-state index is 0.458. The van der Waals surface area contributed by atoms with Crippen LogP contribution in [0, 0.1) is 0 Å². The molecule has 3 heteroatoms. The third kappa shape index (κ3) is 3.74. The first-order chi connectivity index (χ1) is 9.11. The molecular weight excluding hydrogens is 252 g/mol. The highest BCUT2D eigenvalue weighted by atomic mass is 32.2. The SMILES string of the molecule is CC(CN)c1ccc(CN2CCSC(C)C2C)cc1. The highest BCUT2D eigenvalue weighted by Gasteiger charge is 2.24. The number of nitrogens with zero attached hydrogens (tertiary/aromatic N) is 1. The first-order valence-electron chi connectivity index (χ1n) is 7.26. The van der Waals surface area contributed by atoms with Crippen molar-refractivity contribution < 1.29 is 0 Å². The second-order valence-electron chi connectivity index (χ2n) is 5.67. The molecule has 3 unspecified atom stereocenters. The lowest BCUT2D eigenvalue weighted by molar-refractivity contribution is 0.204. The summed E-state index contributed by atoms with van der Waals surface area (Å²) in [5, 5.41) is 0.741. The molecule has 0 spiro atoms. The molecule has 0 bridgehead atoms. The number of hydrogen-bond donors (Lipinski definition) is 1. The Balaban J connectivity index is 1.99. The highest BCUT2D eigenvalue weighted by molar-refractivity contribution is 8.00. The molecule has 2 rings (SSSR count). The largest absolute Gasteiger partial charge is 0.330 e. The van der Waals surface area contributed by atoms with E-state index in [1.807, 2.05) is 0 Å². The summed E-state index contributed by atoms with van der Waals surface area (Å²) in [7, 11) is 0. The zero-order valence-electron chi connectivity index (χ0n) is 12.3. The Kier molecular flexibility index (Phi) is 5.31. The van der Waals surface area contributed by atoms with Crippen molar-refractivity contribution in [3.05, 3.63) is 35.4 Å². The maximum atomic E-state index is 5.71. The molecule has 1 heterocycles. The van der Waals surface area contributed by atoms with Gasteiger partial charge in [-0.2, -0.15) is 11.8 Å². The lowest BCUT2D eigenvalue weighted by atomic mass is 10.00. The molecule has 1 fully saturated rings. The van der Waals surface area contributed by atoms with Crippen molar-refractivity contribution in [3.8, 4) is 0 Å². The van der Waals surface area contributed by atoms with Crippen LogP contribution in [0.3, 0.4) is 0 Å².